The quantitative estimate of drug-likeness (QED) is 0.118. The molecule has 3 unspecified atom stereocenters. The van der Waals surface area contributed by atoms with Gasteiger partial charge in [0, 0.05) is 55.9 Å². The highest BCUT2D eigenvalue weighted by Gasteiger charge is 2.33. The molecule has 0 N–H and O–H groups in total. The van der Waals surface area contributed by atoms with Gasteiger partial charge in [0.15, 0.2) is 0 Å². The Morgan fingerprint density at radius 2 is 1.71 bits per heavy atom. The Kier molecular flexibility index (Phi) is 12.1. The van der Waals surface area contributed by atoms with E-state index in [-0.39, 0.29) is 35.5 Å². The average molecular weight is 650 g/mol. The van der Waals surface area contributed by atoms with Gasteiger partial charge in [-0.25, -0.2) is 13.8 Å². The summed E-state index contributed by atoms with van der Waals surface area (Å²) in [5.74, 6) is 1.85. The van der Waals surface area contributed by atoms with E-state index in [1.807, 2.05) is 32.2 Å². The number of ether oxygens (including phenoxy) is 1. The predicted octanol–water partition coefficient (Wildman–Crippen LogP) is 10.5. The molecule has 1 heterocycles. The van der Waals surface area contributed by atoms with Gasteiger partial charge in [0.05, 0.1) is 0 Å². The van der Waals surface area contributed by atoms with Crippen molar-refractivity contribution in [3.05, 3.63) is 149 Å². The molecular formula is C42H49F2N3O. The van der Waals surface area contributed by atoms with Crippen LogP contribution in [0.25, 0.3) is 0 Å². The van der Waals surface area contributed by atoms with Crippen LogP contribution in [0.4, 0.5) is 14.5 Å². The molecule has 2 aliphatic rings. The van der Waals surface area contributed by atoms with E-state index in [4.69, 9.17) is 9.73 Å². The van der Waals surface area contributed by atoms with Crippen molar-refractivity contribution in [2.24, 2.45) is 16.8 Å². The van der Waals surface area contributed by atoms with Crippen LogP contribution in [-0.4, -0.2) is 30.3 Å². The third kappa shape index (κ3) is 8.33. The number of hydrogen-bond acceptors (Lipinski definition) is 4. The van der Waals surface area contributed by atoms with Gasteiger partial charge in [-0.3, -0.25) is 0 Å². The molecule has 0 bridgehead atoms. The Labute approximate surface area is 285 Å². The highest BCUT2D eigenvalue weighted by molar-refractivity contribution is 5.58. The first kappa shape index (κ1) is 34.9. The number of para-hydroxylation sites is 1. The Balaban J connectivity index is 1.35. The second-order valence-electron chi connectivity index (χ2n) is 12.8. The maximum absolute atomic E-state index is 14.2. The number of benzene rings is 3. The molecule has 1 saturated heterocycles. The van der Waals surface area contributed by atoms with Crippen molar-refractivity contribution >= 4 is 11.9 Å². The summed E-state index contributed by atoms with van der Waals surface area (Å²) in [4.78, 5) is 9.50. The van der Waals surface area contributed by atoms with Crippen LogP contribution in [0.1, 0.15) is 69.6 Å². The van der Waals surface area contributed by atoms with E-state index in [0.29, 0.717) is 12.4 Å². The van der Waals surface area contributed by atoms with Gasteiger partial charge in [-0.2, -0.15) is 0 Å². The van der Waals surface area contributed by atoms with Crippen LogP contribution in [-0.2, 0) is 11.3 Å². The monoisotopic (exact) mass is 649 g/mol. The highest BCUT2D eigenvalue weighted by atomic mass is 19.1. The Morgan fingerprint density at radius 1 is 0.979 bits per heavy atom. The largest absolute Gasteiger partial charge is 0.474 e. The van der Waals surface area contributed by atoms with Gasteiger partial charge < -0.3 is 14.5 Å². The zero-order valence-corrected chi connectivity index (χ0v) is 29.0. The second kappa shape index (κ2) is 16.6. The first-order valence-corrected chi connectivity index (χ1v) is 17.3. The summed E-state index contributed by atoms with van der Waals surface area (Å²) in [7, 11) is 0. The number of rotatable bonds is 11. The van der Waals surface area contributed by atoms with Crippen molar-refractivity contribution in [3.8, 4) is 0 Å². The molecule has 0 saturated carbocycles. The molecule has 1 aliphatic heterocycles. The lowest BCUT2D eigenvalue weighted by molar-refractivity contribution is 0.0558. The average Bonchev–Trinajstić information content (AvgIpc) is 3.09. The standard InChI is InChI=1S/C42H49F2N3O/c1-6-14-38-37(31(5)33-17-12-19-35(44)28-33)20-13-21-39(38)42(45-8-3)48-36-23-25-46(26-24-36)41(7-2)47(40-22-10-9-15-30(40)4)29-32-16-11-18-34(43)27-32/h6-19,21-22,27-28,31,36-38H,20,23-26,29H2,1-5H3/b14-6-,41-7-,42-39+,45-8-. The third-order valence-corrected chi connectivity index (χ3v) is 9.65. The van der Waals surface area contributed by atoms with Gasteiger partial charge in [0.2, 0.25) is 5.88 Å². The maximum atomic E-state index is 14.2. The van der Waals surface area contributed by atoms with E-state index in [1.54, 1.807) is 24.3 Å². The van der Waals surface area contributed by atoms with Gasteiger partial charge in [0.1, 0.15) is 23.6 Å². The molecular weight excluding hydrogens is 600 g/mol. The summed E-state index contributed by atoms with van der Waals surface area (Å²) in [5.41, 5.74) is 5.28. The van der Waals surface area contributed by atoms with Crippen LogP contribution < -0.4 is 4.90 Å². The molecule has 6 heteroatoms. The molecule has 1 aliphatic carbocycles. The number of allylic oxidation sites excluding steroid dienone is 6. The molecule has 48 heavy (non-hydrogen) atoms. The summed E-state index contributed by atoms with van der Waals surface area (Å²) in [5, 5.41) is 0. The topological polar surface area (TPSA) is 28.1 Å². The van der Waals surface area contributed by atoms with Crippen molar-refractivity contribution in [1.29, 1.82) is 0 Å². The molecule has 0 radical (unpaired) electrons. The van der Waals surface area contributed by atoms with E-state index < -0.39 is 0 Å². The van der Waals surface area contributed by atoms with E-state index in [9.17, 15) is 8.78 Å². The molecule has 252 valence electrons. The zero-order valence-electron chi connectivity index (χ0n) is 29.0. The smallest absolute Gasteiger partial charge is 0.217 e. The van der Waals surface area contributed by atoms with Gasteiger partial charge in [0.25, 0.3) is 0 Å². The lowest BCUT2D eigenvalue weighted by Crippen LogP contribution is -2.42. The van der Waals surface area contributed by atoms with E-state index in [0.717, 1.165) is 60.6 Å². The lowest BCUT2D eigenvalue weighted by atomic mass is 9.71. The Hall–Kier alpha value is -4.45. The second-order valence-corrected chi connectivity index (χ2v) is 12.8. The van der Waals surface area contributed by atoms with Crippen LogP contribution in [0.15, 0.2) is 125 Å². The lowest BCUT2D eigenvalue weighted by Gasteiger charge is -2.41. The summed E-state index contributed by atoms with van der Waals surface area (Å²) in [6.45, 7) is 12.6. The van der Waals surface area contributed by atoms with Gasteiger partial charge in [-0.05, 0) is 99.0 Å². The molecule has 5 rings (SSSR count). The van der Waals surface area contributed by atoms with Gasteiger partial charge >= 0.3 is 0 Å². The fourth-order valence-electron chi connectivity index (χ4n) is 7.19. The molecule has 0 spiro atoms. The summed E-state index contributed by atoms with van der Waals surface area (Å²) >= 11 is 0. The van der Waals surface area contributed by atoms with Crippen molar-refractivity contribution in [2.75, 3.05) is 18.0 Å². The SMILES string of the molecule is C/C=C\C1/C(=C(\N=C/C)OC2CCN(/C(=C/C)N(Cc3cccc(F)c3)c3ccccc3C)CC2)C=CCC1C(C)c1cccc(F)c1. The number of aliphatic imine (C=N–C) groups is 1. The predicted molar refractivity (Wildman–Crippen MR) is 195 cm³/mol. The normalized spacial score (nSPS) is 20.8. The molecule has 0 aromatic heterocycles. The minimum atomic E-state index is -0.226. The minimum Gasteiger partial charge on any atom is -0.474 e. The molecule has 0 amide bonds. The first-order valence-electron chi connectivity index (χ1n) is 17.3. The number of anilines is 1. The Morgan fingerprint density at radius 3 is 2.38 bits per heavy atom. The van der Waals surface area contributed by atoms with Crippen molar-refractivity contribution < 1.29 is 13.5 Å². The van der Waals surface area contributed by atoms with Crippen LogP contribution in [0.2, 0.25) is 0 Å². The summed E-state index contributed by atoms with van der Waals surface area (Å²) in [6, 6.07) is 22.2. The van der Waals surface area contributed by atoms with Crippen LogP contribution in [0, 0.1) is 30.4 Å². The number of likely N-dealkylation sites (tertiary alicyclic amines) is 1. The van der Waals surface area contributed by atoms with Crippen molar-refractivity contribution in [1.82, 2.24) is 4.90 Å². The third-order valence-electron chi connectivity index (χ3n) is 9.65. The number of aryl methyl sites for hydroxylation is 1. The summed E-state index contributed by atoms with van der Waals surface area (Å²) < 4.78 is 35.1. The van der Waals surface area contributed by atoms with E-state index in [2.05, 4.69) is 85.2 Å². The molecule has 3 aromatic carbocycles. The number of hydrogen-bond donors (Lipinski definition) is 0. The summed E-state index contributed by atoms with van der Waals surface area (Å²) in [6.07, 6.45) is 15.3. The van der Waals surface area contributed by atoms with Crippen LogP contribution in [0.3, 0.4) is 0 Å². The minimum absolute atomic E-state index is 0.0152. The number of halogens is 2. The van der Waals surface area contributed by atoms with Crippen molar-refractivity contribution in [3.63, 3.8) is 0 Å². The number of nitrogens with zero attached hydrogens (tertiary/aromatic N) is 3. The maximum Gasteiger partial charge on any atom is 0.217 e. The van der Waals surface area contributed by atoms with Gasteiger partial charge in [-0.1, -0.05) is 73.7 Å². The molecule has 3 aromatic rings. The fraction of sp³-hybridized carbons (Fsp3) is 0.357. The Bertz CT molecular complexity index is 1680. The molecule has 1 fully saturated rings. The van der Waals surface area contributed by atoms with E-state index >= 15 is 0 Å². The fourth-order valence-corrected chi connectivity index (χ4v) is 7.19. The van der Waals surface area contributed by atoms with E-state index in [1.165, 1.54) is 17.7 Å². The van der Waals surface area contributed by atoms with Gasteiger partial charge in [-0.15, -0.1) is 0 Å². The molecule has 3 atom stereocenters. The number of piperidine rings is 1. The zero-order chi connectivity index (χ0) is 34.0. The van der Waals surface area contributed by atoms with Crippen molar-refractivity contribution in [2.45, 2.75) is 72.4 Å². The highest BCUT2D eigenvalue weighted by Crippen LogP contribution is 2.42. The molecule has 4 nitrogen and oxygen atoms in total. The first-order chi connectivity index (χ1) is 23.3. The van der Waals surface area contributed by atoms with Crippen LogP contribution >= 0.6 is 0 Å². The van der Waals surface area contributed by atoms with Crippen LogP contribution in [0.5, 0.6) is 0 Å².